The van der Waals surface area contributed by atoms with Crippen molar-refractivity contribution in [1.82, 2.24) is 0 Å². The Hall–Kier alpha value is -2.43. The summed E-state index contributed by atoms with van der Waals surface area (Å²) in [6, 6.07) is 26.9. The predicted molar refractivity (Wildman–Crippen MR) is 146 cm³/mol. The van der Waals surface area contributed by atoms with Crippen molar-refractivity contribution in [2.45, 2.75) is 60.8 Å². The van der Waals surface area contributed by atoms with Crippen LogP contribution in [0.2, 0.25) is 5.02 Å². The van der Waals surface area contributed by atoms with E-state index in [9.17, 15) is 9.90 Å². The molecule has 0 bridgehead atoms. The lowest BCUT2D eigenvalue weighted by Gasteiger charge is -2.47. The van der Waals surface area contributed by atoms with Gasteiger partial charge in [0.25, 0.3) is 0 Å². The molecule has 2 aliphatic rings. The first-order chi connectivity index (χ1) is 17.0. The second-order valence-electron chi connectivity index (χ2n) is 10.0. The first kappa shape index (κ1) is 24.3. The molecule has 35 heavy (non-hydrogen) atoms. The molecule has 1 atom stereocenters. The number of aliphatic carboxylic acids is 1. The Morgan fingerprint density at radius 1 is 0.971 bits per heavy atom. The summed E-state index contributed by atoms with van der Waals surface area (Å²) in [5.74, 6) is 0.908. The molecule has 2 N–H and O–H groups in total. The van der Waals surface area contributed by atoms with Crippen molar-refractivity contribution >= 4 is 35.0 Å². The quantitative estimate of drug-likeness (QED) is 0.242. The van der Waals surface area contributed by atoms with E-state index in [-0.39, 0.29) is 5.41 Å². The van der Waals surface area contributed by atoms with Gasteiger partial charge in [-0.2, -0.15) is 0 Å². The molecular weight excluding hydrogens is 474 g/mol. The standard InChI is InChI=1S/C30H32ClNO2S/c31-24-10-6-11-25(21-24)32-30(28(33)34)17-15-29(16-18-30)23(20-22-8-4-5-14-27(22)29)9-7-19-35-26-12-2-1-3-13-26/h1-6,8,10-14,21,23,32H,7,9,15-20H2,(H,33,34). The first-order valence-corrected chi connectivity index (χ1v) is 13.9. The highest BCUT2D eigenvalue weighted by Gasteiger charge is 2.53. The number of fused-ring (bicyclic) bond motifs is 2. The number of rotatable bonds is 8. The Morgan fingerprint density at radius 3 is 2.46 bits per heavy atom. The number of benzene rings is 3. The minimum atomic E-state index is -0.957. The van der Waals surface area contributed by atoms with Crippen LogP contribution < -0.4 is 5.32 Å². The maximum Gasteiger partial charge on any atom is 0.329 e. The van der Waals surface area contributed by atoms with Crippen LogP contribution in [0.15, 0.2) is 83.8 Å². The third-order valence-corrected chi connectivity index (χ3v) is 9.46. The number of thioether (sulfide) groups is 1. The lowest BCUT2D eigenvalue weighted by molar-refractivity contribution is -0.144. The van der Waals surface area contributed by atoms with E-state index in [2.05, 4.69) is 59.9 Å². The third-order valence-electron chi connectivity index (χ3n) is 8.12. The molecule has 1 unspecified atom stereocenters. The highest BCUT2D eigenvalue weighted by molar-refractivity contribution is 7.99. The van der Waals surface area contributed by atoms with Gasteiger partial charge in [0.15, 0.2) is 0 Å². The van der Waals surface area contributed by atoms with Gasteiger partial charge < -0.3 is 10.4 Å². The van der Waals surface area contributed by atoms with E-state index in [0.717, 1.165) is 30.7 Å². The monoisotopic (exact) mass is 505 g/mol. The largest absolute Gasteiger partial charge is 0.480 e. The van der Waals surface area contributed by atoms with Crippen LogP contribution in [0.25, 0.3) is 0 Å². The second-order valence-corrected chi connectivity index (χ2v) is 11.6. The van der Waals surface area contributed by atoms with E-state index in [1.54, 1.807) is 0 Å². The lowest BCUT2D eigenvalue weighted by Crippen LogP contribution is -2.53. The fourth-order valence-corrected chi connectivity index (χ4v) is 7.40. The minimum Gasteiger partial charge on any atom is -0.480 e. The molecule has 1 spiro atoms. The number of hydrogen-bond donors (Lipinski definition) is 2. The van der Waals surface area contributed by atoms with Crippen LogP contribution in [0.1, 0.15) is 49.7 Å². The summed E-state index contributed by atoms with van der Waals surface area (Å²) in [7, 11) is 0. The summed E-state index contributed by atoms with van der Waals surface area (Å²) >= 11 is 8.10. The van der Waals surface area contributed by atoms with Crippen molar-refractivity contribution in [3.8, 4) is 0 Å². The normalized spacial score (nSPS) is 25.3. The summed E-state index contributed by atoms with van der Waals surface area (Å²) in [5, 5.41) is 14.3. The zero-order valence-electron chi connectivity index (χ0n) is 19.9. The Labute approximate surface area is 217 Å². The van der Waals surface area contributed by atoms with Gasteiger partial charge >= 0.3 is 5.97 Å². The molecule has 3 nitrogen and oxygen atoms in total. The Morgan fingerprint density at radius 2 is 1.71 bits per heavy atom. The molecule has 0 aromatic heterocycles. The molecular formula is C30H32ClNO2S. The molecule has 0 saturated heterocycles. The molecule has 5 rings (SSSR count). The van der Waals surface area contributed by atoms with E-state index in [0.29, 0.717) is 23.8 Å². The maximum atomic E-state index is 12.5. The molecule has 0 aliphatic heterocycles. The number of halogens is 1. The van der Waals surface area contributed by atoms with Crippen LogP contribution in [0, 0.1) is 5.92 Å². The van der Waals surface area contributed by atoms with E-state index in [1.807, 2.05) is 36.0 Å². The number of nitrogens with one attached hydrogen (secondary N) is 1. The van der Waals surface area contributed by atoms with E-state index < -0.39 is 11.5 Å². The molecule has 3 aromatic carbocycles. The van der Waals surface area contributed by atoms with Crippen molar-refractivity contribution in [3.05, 3.63) is 95.0 Å². The summed E-state index contributed by atoms with van der Waals surface area (Å²) in [6.07, 6.45) is 6.45. The fraction of sp³-hybridized carbons (Fsp3) is 0.367. The Balaban J connectivity index is 1.32. The molecule has 1 saturated carbocycles. The average molecular weight is 506 g/mol. The van der Waals surface area contributed by atoms with E-state index >= 15 is 0 Å². The van der Waals surface area contributed by atoms with Gasteiger partial charge in [-0.1, -0.05) is 60.1 Å². The molecule has 2 aliphatic carbocycles. The maximum absolute atomic E-state index is 12.5. The number of anilines is 1. The first-order valence-electron chi connectivity index (χ1n) is 12.5. The van der Waals surface area contributed by atoms with Crippen molar-refractivity contribution in [3.63, 3.8) is 0 Å². The van der Waals surface area contributed by atoms with Crippen LogP contribution >= 0.6 is 23.4 Å². The molecule has 1 fully saturated rings. The summed E-state index contributed by atoms with van der Waals surface area (Å²) in [5.41, 5.74) is 2.81. The molecule has 0 amide bonds. The topological polar surface area (TPSA) is 49.3 Å². The molecule has 0 heterocycles. The van der Waals surface area contributed by atoms with Crippen LogP contribution in [-0.2, 0) is 16.6 Å². The zero-order valence-corrected chi connectivity index (χ0v) is 21.5. The Bertz CT molecular complexity index is 1170. The molecule has 5 heteroatoms. The molecule has 3 aromatic rings. The highest BCUT2D eigenvalue weighted by atomic mass is 35.5. The van der Waals surface area contributed by atoms with Crippen molar-refractivity contribution in [2.75, 3.05) is 11.1 Å². The van der Waals surface area contributed by atoms with Crippen LogP contribution in [0.4, 0.5) is 5.69 Å². The number of hydrogen-bond acceptors (Lipinski definition) is 3. The molecule has 0 radical (unpaired) electrons. The van der Waals surface area contributed by atoms with Gasteiger partial charge in [-0.15, -0.1) is 11.8 Å². The van der Waals surface area contributed by atoms with Gasteiger partial charge in [-0.3, -0.25) is 0 Å². The summed E-state index contributed by atoms with van der Waals surface area (Å²) < 4.78 is 0. The van der Waals surface area contributed by atoms with Gasteiger partial charge in [-0.25, -0.2) is 4.79 Å². The highest BCUT2D eigenvalue weighted by Crippen LogP contribution is 2.55. The SMILES string of the molecule is O=C(O)C1(Nc2cccc(Cl)c2)CCC2(CC1)c1ccccc1CC2CCCSc1ccccc1. The number of carboxylic acid groups (broad SMARTS) is 1. The average Bonchev–Trinajstić information content (AvgIpc) is 3.17. The minimum absolute atomic E-state index is 0.0724. The van der Waals surface area contributed by atoms with Crippen molar-refractivity contribution in [2.24, 2.45) is 5.92 Å². The van der Waals surface area contributed by atoms with Gasteiger partial charge in [0.2, 0.25) is 0 Å². The molecule has 182 valence electrons. The summed E-state index contributed by atoms with van der Waals surface area (Å²) in [4.78, 5) is 13.9. The number of carbonyl (C=O) groups is 1. The van der Waals surface area contributed by atoms with Crippen LogP contribution in [0.5, 0.6) is 0 Å². The van der Waals surface area contributed by atoms with Gasteiger partial charge in [-0.05, 0) is 103 Å². The van der Waals surface area contributed by atoms with Gasteiger partial charge in [0, 0.05) is 15.6 Å². The van der Waals surface area contributed by atoms with Crippen molar-refractivity contribution < 1.29 is 9.90 Å². The second kappa shape index (κ2) is 10.3. The zero-order chi connectivity index (χ0) is 24.3. The predicted octanol–water partition coefficient (Wildman–Crippen LogP) is 7.83. The van der Waals surface area contributed by atoms with E-state index in [4.69, 9.17) is 11.6 Å². The van der Waals surface area contributed by atoms with E-state index in [1.165, 1.54) is 28.9 Å². The van der Waals surface area contributed by atoms with Crippen LogP contribution in [-0.4, -0.2) is 22.4 Å². The Kier molecular flexibility index (Phi) is 7.13. The number of carboxylic acids is 1. The van der Waals surface area contributed by atoms with Crippen molar-refractivity contribution in [1.29, 1.82) is 0 Å². The van der Waals surface area contributed by atoms with Gasteiger partial charge in [0.05, 0.1) is 0 Å². The van der Waals surface area contributed by atoms with Gasteiger partial charge in [0.1, 0.15) is 5.54 Å². The fourth-order valence-electron chi connectivity index (χ4n) is 6.31. The lowest BCUT2D eigenvalue weighted by atomic mass is 9.60. The summed E-state index contributed by atoms with van der Waals surface area (Å²) in [6.45, 7) is 0. The van der Waals surface area contributed by atoms with Crippen LogP contribution in [0.3, 0.4) is 0 Å². The smallest absolute Gasteiger partial charge is 0.329 e. The third kappa shape index (κ3) is 4.96.